The van der Waals surface area contributed by atoms with Crippen molar-refractivity contribution in [3.05, 3.63) is 36.2 Å². The molecular formula is C17H21N7S. The molecule has 0 aliphatic carbocycles. The summed E-state index contributed by atoms with van der Waals surface area (Å²) in [6.07, 6.45) is 6.33. The fourth-order valence-corrected chi connectivity index (χ4v) is 3.80. The molecule has 0 amide bonds. The van der Waals surface area contributed by atoms with Crippen molar-refractivity contribution in [3.63, 3.8) is 0 Å². The van der Waals surface area contributed by atoms with E-state index >= 15 is 0 Å². The number of nitrogens with zero attached hydrogens (tertiary/aromatic N) is 6. The summed E-state index contributed by atoms with van der Waals surface area (Å²) in [5.74, 6) is 1.78. The van der Waals surface area contributed by atoms with Crippen LogP contribution in [0, 0.1) is 0 Å². The fraction of sp³-hybridized carbons (Fsp3) is 0.412. The van der Waals surface area contributed by atoms with E-state index in [2.05, 4.69) is 46.5 Å². The molecule has 0 radical (unpaired) electrons. The second-order valence-electron chi connectivity index (χ2n) is 6.02. The predicted octanol–water partition coefficient (Wildman–Crippen LogP) is 2.11. The van der Waals surface area contributed by atoms with Gasteiger partial charge in [-0.1, -0.05) is 0 Å². The normalized spacial score (nSPS) is 15.6. The van der Waals surface area contributed by atoms with E-state index in [0.29, 0.717) is 0 Å². The highest BCUT2D eigenvalue weighted by atomic mass is 32.1. The Morgan fingerprint density at radius 1 is 1.04 bits per heavy atom. The van der Waals surface area contributed by atoms with Crippen LogP contribution in [0.3, 0.4) is 0 Å². The highest BCUT2D eigenvalue weighted by Crippen LogP contribution is 2.23. The number of nitrogens with one attached hydrogen (secondary N) is 1. The first kappa shape index (κ1) is 16.2. The highest BCUT2D eigenvalue weighted by Gasteiger charge is 2.18. The Morgan fingerprint density at radius 3 is 2.72 bits per heavy atom. The number of hydrogen-bond donors (Lipinski definition) is 1. The van der Waals surface area contributed by atoms with Crippen LogP contribution in [0.15, 0.2) is 36.2 Å². The zero-order valence-electron chi connectivity index (χ0n) is 14.0. The molecule has 4 heterocycles. The quantitative estimate of drug-likeness (QED) is 0.679. The zero-order chi connectivity index (χ0) is 16.9. The molecule has 1 saturated heterocycles. The van der Waals surface area contributed by atoms with E-state index in [-0.39, 0.29) is 0 Å². The zero-order valence-corrected chi connectivity index (χ0v) is 14.8. The fourth-order valence-electron chi connectivity index (χ4n) is 3.07. The highest BCUT2D eigenvalue weighted by molar-refractivity contribution is 7.16. The second kappa shape index (κ2) is 7.71. The molecule has 25 heavy (non-hydrogen) atoms. The largest absolute Gasteiger partial charge is 0.369 e. The van der Waals surface area contributed by atoms with Crippen LogP contribution in [0.25, 0.3) is 10.2 Å². The van der Waals surface area contributed by atoms with Crippen molar-refractivity contribution < 1.29 is 0 Å². The summed E-state index contributed by atoms with van der Waals surface area (Å²) in [6.45, 7) is 6.09. The molecular weight excluding hydrogens is 334 g/mol. The molecule has 7 nitrogen and oxygen atoms in total. The minimum atomic E-state index is 0.840. The number of fused-ring (bicyclic) bond motifs is 1. The standard InChI is InChI=1S/C17H21N7S/c1-4-19-17(20-5-1)24-10-8-23(9-11-24)7-2-6-18-15-14-3-12-25-16(14)22-13-21-15/h1,3-5,12-13H,2,6-11H2,(H,18,21,22). The summed E-state index contributed by atoms with van der Waals surface area (Å²) in [5.41, 5.74) is 0. The van der Waals surface area contributed by atoms with Crippen LogP contribution < -0.4 is 10.2 Å². The van der Waals surface area contributed by atoms with E-state index in [1.54, 1.807) is 30.1 Å². The Balaban J connectivity index is 1.21. The molecule has 1 N–H and O–H groups in total. The van der Waals surface area contributed by atoms with Crippen molar-refractivity contribution in [1.82, 2.24) is 24.8 Å². The lowest BCUT2D eigenvalue weighted by atomic mass is 10.3. The van der Waals surface area contributed by atoms with Crippen molar-refractivity contribution in [2.24, 2.45) is 0 Å². The summed E-state index contributed by atoms with van der Waals surface area (Å²) < 4.78 is 0. The van der Waals surface area contributed by atoms with Crippen molar-refractivity contribution in [3.8, 4) is 0 Å². The number of hydrogen-bond acceptors (Lipinski definition) is 8. The molecule has 130 valence electrons. The molecule has 0 saturated carbocycles. The molecule has 0 unspecified atom stereocenters. The van der Waals surface area contributed by atoms with Gasteiger partial charge in [0.25, 0.3) is 0 Å². The average Bonchev–Trinajstić information content (AvgIpc) is 3.16. The van der Waals surface area contributed by atoms with Gasteiger partial charge < -0.3 is 10.2 Å². The van der Waals surface area contributed by atoms with Gasteiger partial charge in [0.1, 0.15) is 17.0 Å². The molecule has 3 aromatic rings. The summed E-state index contributed by atoms with van der Waals surface area (Å²) in [5, 5.41) is 6.62. The summed E-state index contributed by atoms with van der Waals surface area (Å²) in [6, 6.07) is 3.93. The first-order valence-corrected chi connectivity index (χ1v) is 9.44. The van der Waals surface area contributed by atoms with Gasteiger partial charge in [-0.15, -0.1) is 11.3 Å². The van der Waals surface area contributed by atoms with Crippen LogP contribution in [0.5, 0.6) is 0 Å². The van der Waals surface area contributed by atoms with Gasteiger partial charge in [0, 0.05) is 45.1 Å². The van der Waals surface area contributed by atoms with E-state index in [9.17, 15) is 0 Å². The molecule has 0 spiro atoms. The third-order valence-electron chi connectivity index (χ3n) is 4.41. The average molecular weight is 355 g/mol. The Kier molecular flexibility index (Phi) is 4.98. The minimum absolute atomic E-state index is 0.840. The predicted molar refractivity (Wildman–Crippen MR) is 101 cm³/mol. The number of piperazine rings is 1. The molecule has 3 aromatic heterocycles. The number of aromatic nitrogens is 4. The molecule has 1 aliphatic rings. The number of rotatable bonds is 6. The molecule has 0 aromatic carbocycles. The molecule has 4 rings (SSSR count). The van der Waals surface area contributed by atoms with Crippen molar-refractivity contribution >= 4 is 33.3 Å². The third-order valence-corrected chi connectivity index (χ3v) is 5.23. The van der Waals surface area contributed by atoms with Gasteiger partial charge in [-0.3, -0.25) is 4.90 Å². The lowest BCUT2D eigenvalue weighted by Crippen LogP contribution is -2.47. The summed E-state index contributed by atoms with van der Waals surface area (Å²) >= 11 is 1.65. The van der Waals surface area contributed by atoms with Crippen LogP contribution in [0.4, 0.5) is 11.8 Å². The molecule has 1 fully saturated rings. The maximum absolute atomic E-state index is 4.36. The van der Waals surface area contributed by atoms with Crippen LogP contribution in [0.1, 0.15) is 6.42 Å². The monoisotopic (exact) mass is 355 g/mol. The van der Waals surface area contributed by atoms with Crippen molar-refractivity contribution in [2.75, 3.05) is 49.5 Å². The second-order valence-corrected chi connectivity index (χ2v) is 6.91. The summed E-state index contributed by atoms with van der Waals surface area (Å²) in [4.78, 5) is 23.1. The molecule has 1 aliphatic heterocycles. The van der Waals surface area contributed by atoms with Gasteiger partial charge in [0.15, 0.2) is 0 Å². The SMILES string of the molecule is c1cnc(N2CCN(CCCNc3ncnc4sccc34)CC2)nc1. The van der Waals surface area contributed by atoms with Gasteiger partial charge in [-0.05, 0) is 30.5 Å². The van der Waals surface area contributed by atoms with Gasteiger partial charge in [0.2, 0.25) is 5.95 Å². The topological polar surface area (TPSA) is 70.1 Å². The Labute approximate surface area is 150 Å². The van der Waals surface area contributed by atoms with E-state index in [4.69, 9.17) is 0 Å². The maximum Gasteiger partial charge on any atom is 0.225 e. The molecule has 0 bridgehead atoms. The molecule has 8 heteroatoms. The summed E-state index contributed by atoms with van der Waals surface area (Å²) in [7, 11) is 0. The van der Waals surface area contributed by atoms with E-state index in [1.807, 2.05) is 6.07 Å². The third kappa shape index (κ3) is 3.85. The van der Waals surface area contributed by atoms with E-state index < -0.39 is 0 Å². The van der Waals surface area contributed by atoms with Crippen LogP contribution >= 0.6 is 11.3 Å². The first-order chi connectivity index (χ1) is 12.4. The number of anilines is 2. The van der Waals surface area contributed by atoms with Gasteiger partial charge in [-0.25, -0.2) is 19.9 Å². The van der Waals surface area contributed by atoms with Crippen LogP contribution in [0.2, 0.25) is 0 Å². The lowest BCUT2D eigenvalue weighted by molar-refractivity contribution is 0.256. The minimum Gasteiger partial charge on any atom is -0.369 e. The smallest absolute Gasteiger partial charge is 0.225 e. The van der Waals surface area contributed by atoms with Crippen molar-refractivity contribution in [1.29, 1.82) is 0 Å². The first-order valence-electron chi connectivity index (χ1n) is 8.56. The number of thiophene rings is 1. The Bertz CT molecular complexity index is 799. The van der Waals surface area contributed by atoms with E-state index in [1.165, 1.54) is 0 Å². The van der Waals surface area contributed by atoms with Crippen LogP contribution in [-0.2, 0) is 0 Å². The maximum atomic E-state index is 4.36. The van der Waals surface area contributed by atoms with Gasteiger partial charge >= 0.3 is 0 Å². The van der Waals surface area contributed by atoms with E-state index in [0.717, 1.165) is 67.7 Å². The van der Waals surface area contributed by atoms with Gasteiger partial charge in [-0.2, -0.15) is 0 Å². The van der Waals surface area contributed by atoms with Crippen molar-refractivity contribution in [2.45, 2.75) is 6.42 Å². The van der Waals surface area contributed by atoms with Crippen LogP contribution in [-0.4, -0.2) is 64.1 Å². The Morgan fingerprint density at radius 2 is 1.88 bits per heavy atom. The molecule has 0 atom stereocenters. The van der Waals surface area contributed by atoms with Gasteiger partial charge in [0.05, 0.1) is 5.39 Å². The Hall–Kier alpha value is -2.32. The lowest BCUT2D eigenvalue weighted by Gasteiger charge is -2.34.